The molecule has 0 radical (unpaired) electrons. The van der Waals surface area contributed by atoms with Crippen molar-refractivity contribution in [1.82, 2.24) is 0 Å². The second kappa shape index (κ2) is 5.06. The van der Waals surface area contributed by atoms with Gasteiger partial charge in [-0.1, -0.05) is 69.3 Å². The first-order valence-corrected chi connectivity index (χ1v) is 8.75. The average Bonchev–Trinajstić information content (AvgIpc) is 3.12. The summed E-state index contributed by atoms with van der Waals surface area (Å²) < 4.78 is 0. The number of benzene rings is 2. The van der Waals surface area contributed by atoms with Gasteiger partial charge in [-0.2, -0.15) is 0 Å². The average molecular weight is 303 g/mol. The van der Waals surface area contributed by atoms with E-state index in [-0.39, 0.29) is 5.41 Å². The molecule has 1 nitrogen and oxygen atoms in total. The van der Waals surface area contributed by atoms with Crippen molar-refractivity contribution in [1.29, 1.82) is 0 Å². The fraction of sp³-hybridized carbons (Fsp3) is 0.409. The Bertz CT molecular complexity index is 751. The largest absolute Gasteiger partial charge is 0.252 e. The van der Waals surface area contributed by atoms with E-state index in [2.05, 4.69) is 75.4 Å². The number of rotatable bonds is 1. The molecule has 4 rings (SSSR count). The third-order valence-corrected chi connectivity index (χ3v) is 5.89. The third-order valence-electron chi connectivity index (χ3n) is 5.89. The fourth-order valence-electron chi connectivity index (χ4n) is 4.51. The molecular weight excluding hydrogens is 278 g/mol. The highest BCUT2D eigenvalue weighted by Crippen LogP contribution is 2.56. The SMILES string of the molecule is CC(C)(C)C1CCC2(C1)C(c1ccccc1)=Nc1ccccc12. The van der Waals surface area contributed by atoms with E-state index in [0.717, 1.165) is 5.92 Å². The highest BCUT2D eigenvalue weighted by atomic mass is 14.8. The van der Waals surface area contributed by atoms with Gasteiger partial charge in [0.1, 0.15) is 0 Å². The van der Waals surface area contributed by atoms with Crippen LogP contribution in [0.5, 0.6) is 0 Å². The quantitative estimate of drug-likeness (QED) is 0.621. The van der Waals surface area contributed by atoms with E-state index in [4.69, 9.17) is 4.99 Å². The number of nitrogens with zero attached hydrogens (tertiary/aromatic N) is 1. The summed E-state index contributed by atoms with van der Waals surface area (Å²) in [5, 5.41) is 0. The number of hydrogen-bond donors (Lipinski definition) is 0. The van der Waals surface area contributed by atoms with Crippen LogP contribution in [-0.4, -0.2) is 5.71 Å². The van der Waals surface area contributed by atoms with Crippen molar-refractivity contribution in [2.75, 3.05) is 0 Å². The van der Waals surface area contributed by atoms with Gasteiger partial charge in [-0.05, 0) is 47.8 Å². The first-order valence-electron chi connectivity index (χ1n) is 8.75. The van der Waals surface area contributed by atoms with Crippen LogP contribution in [0.4, 0.5) is 5.69 Å². The number of fused-ring (bicyclic) bond motifs is 2. The minimum Gasteiger partial charge on any atom is -0.252 e. The molecule has 0 bridgehead atoms. The van der Waals surface area contributed by atoms with E-state index < -0.39 is 0 Å². The van der Waals surface area contributed by atoms with Crippen molar-refractivity contribution in [2.45, 2.75) is 45.4 Å². The predicted molar refractivity (Wildman–Crippen MR) is 97.6 cm³/mol. The molecule has 0 aromatic heterocycles. The molecule has 0 amide bonds. The third kappa shape index (κ3) is 2.25. The van der Waals surface area contributed by atoms with E-state index in [1.54, 1.807) is 0 Å². The Morgan fingerprint density at radius 3 is 2.35 bits per heavy atom. The Balaban J connectivity index is 1.84. The van der Waals surface area contributed by atoms with Crippen LogP contribution in [0, 0.1) is 11.3 Å². The zero-order chi connectivity index (χ0) is 16.1. The summed E-state index contributed by atoms with van der Waals surface area (Å²) in [6, 6.07) is 19.6. The smallest absolute Gasteiger partial charge is 0.0675 e. The Morgan fingerprint density at radius 1 is 0.957 bits per heavy atom. The summed E-state index contributed by atoms with van der Waals surface area (Å²) in [7, 11) is 0. The van der Waals surface area contributed by atoms with E-state index in [0.29, 0.717) is 5.41 Å². The molecule has 0 saturated heterocycles. The molecule has 2 unspecified atom stereocenters. The van der Waals surface area contributed by atoms with Crippen molar-refractivity contribution >= 4 is 11.4 Å². The maximum Gasteiger partial charge on any atom is 0.0675 e. The maximum atomic E-state index is 5.09. The molecule has 1 saturated carbocycles. The molecule has 1 heterocycles. The monoisotopic (exact) mass is 303 g/mol. The van der Waals surface area contributed by atoms with Crippen LogP contribution < -0.4 is 0 Å². The van der Waals surface area contributed by atoms with E-state index in [9.17, 15) is 0 Å². The molecule has 1 aliphatic heterocycles. The first kappa shape index (κ1) is 14.7. The van der Waals surface area contributed by atoms with Crippen molar-refractivity contribution in [3.8, 4) is 0 Å². The molecule has 23 heavy (non-hydrogen) atoms. The van der Waals surface area contributed by atoms with Gasteiger partial charge >= 0.3 is 0 Å². The van der Waals surface area contributed by atoms with E-state index in [1.165, 1.54) is 41.8 Å². The van der Waals surface area contributed by atoms with Crippen LogP contribution in [0.1, 0.15) is 51.2 Å². The van der Waals surface area contributed by atoms with Crippen LogP contribution in [0.25, 0.3) is 0 Å². The normalized spacial score (nSPS) is 26.4. The van der Waals surface area contributed by atoms with Gasteiger partial charge in [-0.25, -0.2) is 0 Å². The first-order chi connectivity index (χ1) is 11.0. The summed E-state index contributed by atoms with van der Waals surface area (Å²) in [5.41, 5.74) is 5.70. The molecule has 1 fully saturated rings. The molecular formula is C22H25N. The zero-order valence-electron chi connectivity index (χ0n) is 14.3. The van der Waals surface area contributed by atoms with Gasteiger partial charge in [0, 0.05) is 5.41 Å². The second-order valence-corrected chi connectivity index (χ2v) is 8.23. The summed E-state index contributed by atoms with van der Waals surface area (Å²) in [6.07, 6.45) is 3.74. The Labute approximate surface area is 139 Å². The predicted octanol–water partition coefficient (Wildman–Crippen LogP) is 5.91. The minimum atomic E-state index is 0.121. The molecule has 2 aliphatic rings. The molecule has 2 aromatic rings. The lowest BCUT2D eigenvalue weighted by atomic mass is 9.71. The van der Waals surface area contributed by atoms with Gasteiger partial charge in [0.2, 0.25) is 0 Å². The summed E-state index contributed by atoms with van der Waals surface area (Å²) in [4.78, 5) is 5.09. The Morgan fingerprint density at radius 2 is 1.65 bits per heavy atom. The van der Waals surface area contributed by atoms with Crippen molar-refractivity contribution in [3.63, 3.8) is 0 Å². The van der Waals surface area contributed by atoms with Crippen LogP contribution >= 0.6 is 0 Å². The fourth-order valence-corrected chi connectivity index (χ4v) is 4.51. The lowest BCUT2D eigenvalue weighted by molar-refractivity contribution is 0.241. The van der Waals surface area contributed by atoms with Gasteiger partial charge in [-0.3, -0.25) is 4.99 Å². The highest BCUT2D eigenvalue weighted by molar-refractivity contribution is 6.13. The van der Waals surface area contributed by atoms with Crippen LogP contribution in [0.15, 0.2) is 59.6 Å². The molecule has 118 valence electrons. The maximum absolute atomic E-state index is 5.09. The van der Waals surface area contributed by atoms with Gasteiger partial charge in [0.15, 0.2) is 0 Å². The molecule has 1 spiro atoms. The second-order valence-electron chi connectivity index (χ2n) is 8.23. The van der Waals surface area contributed by atoms with Crippen molar-refractivity contribution in [2.24, 2.45) is 16.3 Å². The van der Waals surface area contributed by atoms with Gasteiger partial charge in [0.25, 0.3) is 0 Å². The van der Waals surface area contributed by atoms with Crippen molar-refractivity contribution in [3.05, 3.63) is 65.7 Å². The van der Waals surface area contributed by atoms with E-state index in [1.807, 2.05) is 0 Å². The molecule has 0 N–H and O–H groups in total. The Kier molecular flexibility index (Phi) is 3.23. The van der Waals surface area contributed by atoms with Crippen LogP contribution in [-0.2, 0) is 5.41 Å². The number of para-hydroxylation sites is 1. The van der Waals surface area contributed by atoms with Gasteiger partial charge < -0.3 is 0 Å². The standard InChI is InChI=1S/C22H25N/c1-21(2,3)17-13-14-22(15-17)18-11-7-8-12-19(18)23-20(22)16-9-5-4-6-10-16/h4-12,17H,13-15H2,1-3H3. The van der Waals surface area contributed by atoms with E-state index >= 15 is 0 Å². The summed E-state index contributed by atoms with van der Waals surface area (Å²) in [6.45, 7) is 7.16. The van der Waals surface area contributed by atoms with Gasteiger partial charge in [0.05, 0.1) is 11.4 Å². The lowest BCUT2D eigenvalue weighted by Crippen LogP contribution is -2.32. The molecule has 2 atom stereocenters. The van der Waals surface area contributed by atoms with Crippen molar-refractivity contribution < 1.29 is 0 Å². The van der Waals surface area contributed by atoms with Crippen LogP contribution in [0.2, 0.25) is 0 Å². The number of aliphatic imine (C=N–C) groups is 1. The molecule has 2 aromatic carbocycles. The topological polar surface area (TPSA) is 12.4 Å². The van der Waals surface area contributed by atoms with Crippen LogP contribution in [0.3, 0.4) is 0 Å². The Hall–Kier alpha value is -1.89. The molecule has 1 aliphatic carbocycles. The highest BCUT2D eigenvalue weighted by Gasteiger charge is 2.50. The zero-order valence-corrected chi connectivity index (χ0v) is 14.3. The number of hydrogen-bond acceptors (Lipinski definition) is 1. The molecule has 1 heteroatoms. The lowest BCUT2D eigenvalue weighted by Gasteiger charge is -2.31. The summed E-state index contributed by atoms with van der Waals surface area (Å²) >= 11 is 0. The summed E-state index contributed by atoms with van der Waals surface area (Å²) in [5.74, 6) is 0.752. The van der Waals surface area contributed by atoms with Gasteiger partial charge in [-0.15, -0.1) is 0 Å². The minimum absolute atomic E-state index is 0.121.